The fourth-order valence-electron chi connectivity index (χ4n) is 4.56. The van der Waals surface area contributed by atoms with Crippen molar-refractivity contribution in [2.45, 2.75) is 44.4 Å². The van der Waals surface area contributed by atoms with Crippen molar-refractivity contribution in [3.8, 4) is 17.7 Å². The SMILES string of the molecule is CC(C)(C)c1ccc(C2(C(=O)N3CCN(c4oc(-c5ccco5)nc4C#N)CC3)CC2)cc1. The van der Waals surface area contributed by atoms with Crippen LogP contribution >= 0.6 is 0 Å². The molecule has 2 fully saturated rings. The minimum atomic E-state index is -0.380. The second-order valence-corrected chi connectivity index (χ2v) is 9.95. The summed E-state index contributed by atoms with van der Waals surface area (Å²) in [6.07, 6.45) is 3.34. The van der Waals surface area contributed by atoms with Gasteiger partial charge in [0.25, 0.3) is 5.89 Å². The van der Waals surface area contributed by atoms with Crippen molar-refractivity contribution in [3.63, 3.8) is 0 Å². The minimum absolute atomic E-state index is 0.0926. The van der Waals surface area contributed by atoms with Gasteiger partial charge in [0.15, 0.2) is 5.76 Å². The van der Waals surface area contributed by atoms with Gasteiger partial charge in [0, 0.05) is 26.2 Å². The highest BCUT2D eigenvalue weighted by Crippen LogP contribution is 2.50. The second-order valence-electron chi connectivity index (χ2n) is 9.95. The van der Waals surface area contributed by atoms with E-state index in [1.807, 2.05) is 9.80 Å². The quantitative estimate of drug-likeness (QED) is 0.590. The lowest BCUT2D eigenvalue weighted by atomic mass is 9.84. The summed E-state index contributed by atoms with van der Waals surface area (Å²) in [5.74, 6) is 1.43. The van der Waals surface area contributed by atoms with Gasteiger partial charge in [-0.2, -0.15) is 10.2 Å². The van der Waals surface area contributed by atoms with Gasteiger partial charge in [0.2, 0.25) is 17.5 Å². The van der Waals surface area contributed by atoms with Crippen LogP contribution in [-0.4, -0.2) is 42.0 Å². The molecule has 1 saturated heterocycles. The number of aromatic nitrogens is 1. The van der Waals surface area contributed by atoms with Gasteiger partial charge in [-0.3, -0.25) is 4.79 Å². The number of carbonyl (C=O) groups is 1. The molecule has 1 saturated carbocycles. The molecule has 1 aliphatic heterocycles. The molecule has 2 aromatic heterocycles. The number of furan rings is 1. The van der Waals surface area contributed by atoms with Gasteiger partial charge in [0.05, 0.1) is 11.7 Å². The molecule has 0 radical (unpaired) electrons. The summed E-state index contributed by atoms with van der Waals surface area (Å²) < 4.78 is 11.2. The highest BCUT2D eigenvalue weighted by molar-refractivity contribution is 5.91. The fraction of sp³-hybridized carbons (Fsp3) is 0.423. The Kier molecular flexibility index (Phi) is 5.04. The Morgan fingerprint density at radius 1 is 1.09 bits per heavy atom. The van der Waals surface area contributed by atoms with E-state index < -0.39 is 0 Å². The van der Waals surface area contributed by atoms with Crippen LogP contribution in [0.15, 0.2) is 51.5 Å². The number of piperazine rings is 1. The minimum Gasteiger partial charge on any atom is -0.459 e. The fourth-order valence-corrected chi connectivity index (χ4v) is 4.56. The average Bonchev–Trinajstić information content (AvgIpc) is 3.23. The van der Waals surface area contributed by atoms with Crippen molar-refractivity contribution in [1.82, 2.24) is 9.88 Å². The van der Waals surface area contributed by atoms with Crippen LogP contribution < -0.4 is 4.90 Å². The normalized spacial score (nSPS) is 17.6. The zero-order valence-electron chi connectivity index (χ0n) is 19.3. The number of rotatable bonds is 4. The largest absolute Gasteiger partial charge is 0.459 e. The summed E-state index contributed by atoms with van der Waals surface area (Å²) in [6, 6.07) is 14.2. The summed E-state index contributed by atoms with van der Waals surface area (Å²) in [4.78, 5) is 21.7. The van der Waals surface area contributed by atoms with E-state index in [2.05, 4.69) is 56.1 Å². The standard InChI is InChI=1S/C26H28N4O3/c1-25(2,3)18-6-8-19(9-7-18)26(10-11-26)24(31)30-14-12-29(13-15-30)23-20(17-27)28-22(33-23)21-5-4-16-32-21/h4-9,16H,10-15H2,1-3H3. The lowest BCUT2D eigenvalue weighted by Crippen LogP contribution is -2.51. The monoisotopic (exact) mass is 444 g/mol. The molecule has 1 amide bonds. The van der Waals surface area contributed by atoms with E-state index in [9.17, 15) is 10.1 Å². The Labute approximate surface area is 193 Å². The molecule has 1 aromatic carbocycles. The van der Waals surface area contributed by atoms with Crippen molar-refractivity contribution >= 4 is 11.8 Å². The number of oxazole rings is 1. The molecule has 2 aliphatic rings. The number of nitrogens with zero attached hydrogens (tertiary/aromatic N) is 4. The van der Waals surface area contributed by atoms with Gasteiger partial charge in [-0.1, -0.05) is 45.0 Å². The van der Waals surface area contributed by atoms with Crippen LogP contribution in [0.3, 0.4) is 0 Å². The first kappa shape index (κ1) is 21.3. The van der Waals surface area contributed by atoms with Crippen LogP contribution in [0.2, 0.25) is 0 Å². The van der Waals surface area contributed by atoms with Gasteiger partial charge < -0.3 is 18.6 Å². The number of nitriles is 1. The molecular formula is C26H28N4O3. The number of amides is 1. The predicted octanol–water partition coefficient (Wildman–Crippen LogP) is 4.48. The van der Waals surface area contributed by atoms with Crippen LogP contribution in [0.25, 0.3) is 11.7 Å². The van der Waals surface area contributed by atoms with E-state index in [1.54, 1.807) is 18.4 Å². The number of benzene rings is 1. The lowest BCUT2D eigenvalue weighted by Gasteiger charge is -2.36. The smallest absolute Gasteiger partial charge is 0.266 e. The van der Waals surface area contributed by atoms with Crippen LogP contribution in [-0.2, 0) is 15.6 Å². The molecule has 0 spiro atoms. The van der Waals surface area contributed by atoms with Crippen molar-refractivity contribution in [1.29, 1.82) is 5.26 Å². The first-order valence-corrected chi connectivity index (χ1v) is 11.4. The zero-order chi connectivity index (χ0) is 23.2. The van der Waals surface area contributed by atoms with Gasteiger partial charge >= 0.3 is 0 Å². The molecule has 170 valence electrons. The van der Waals surface area contributed by atoms with Gasteiger partial charge in [0.1, 0.15) is 6.07 Å². The molecular weight excluding hydrogens is 416 g/mol. The van der Waals surface area contributed by atoms with Crippen molar-refractivity contribution in [2.24, 2.45) is 0 Å². The molecule has 33 heavy (non-hydrogen) atoms. The number of hydrogen-bond donors (Lipinski definition) is 0. The number of hydrogen-bond acceptors (Lipinski definition) is 6. The number of carbonyl (C=O) groups excluding carboxylic acids is 1. The van der Waals surface area contributed by atoms with Crippen LogP contribution in [0.1, 0.15) is 50.4 Å². The Balaban J connectivity index is 1.28. The second kappa shape index (κ2) is 7.80. The van der Waals surface area contributed by atoms with Crippen molar-refractivity contribution in [3.05, 3.63) is 59.5 Å². The third kappa shape index (κ3) is 3.80. The molecule has 0 atom stereocenters. The average molecular weight is 445 g/mol. The molecule has 0 unspecified atom stereocenters. The van der Waals surface area contributed by atoms with Crippen molar-refractivity contribution in [2.75, 3.05) is 31.1 Å². The van der Waals surface area contributed by atoms with Gasteiger partial charge in [-0.25, -0.2) is 0 Å². The Hall–Kier alpha value is -3.53. The Morgan fingerprint density at radius 3 is 2.33 bits per heavy atom. The van der Waals surface area contributed by atoms with Crippen LogP contribution in [0.4, 0.5) is 5.88 Å². The van der Waals surface area contributed by atoms with E-state index in [-0.39, 0.29) is 22.4 Å². The van der Waals surface area contributed by atoms with E-state index in [0.717, 1.165) is 18.4 Å². The summed E-state index contributed by atoms with van der Waals surface area (Å²) in [6.45, 7) is 8.94. The predicted molar refractivity (Wildman–Crippen MR) is 124 cm³/mol. The Bertz CT molecular complexity index is 1180. The van der Waals surface area contributed by atoms with E-state index in [1.165, 1.54) is 5.56 Å². The van der Waals surface area contributed by atoms with Crippen LogP contribution in [0, 0.1) is 11.3 Å². The lowest BCUT2D eigenvalue weighted by molar-refractivity contribution is -0.134. The molecule has 5 rings (SSSR count). The maximum Gasteiger partial charge on any atom is 0.266 e. The molecule has 7 heteroatoms. The maximum atomic E-state index is 13.5. The van der Waals surface area contributed by atoms with Gasteiger partial charge in [-0.15, -0.1) is 0 Å². The highest BCUT2D eigenvalue weighted by atomic mass is 16.4. The van der Waals surface area contributed by atoms with E-state index >= 15 is 0 Å². The topological polar surface area (TPSA) is 86.5 Å². The maximum absolute atomic E-state index is 13.5. The molecule has 0 bridgehead atoms. The van der Waals surface area contributed by atoms with Crippen LogP contribution in [0.5, 0.6) is 0 Å². The summed E-state index contributed by atoms with van der Waals surface area (Å²) in [5, 5.41) is 9.52. The molecule has 7 nitrogen and oxygen atoms in total. The highest BCUT2D eigenvalue weighted by Gasteiger charge is 2.53. The number of anilines is 1. The molecule has 3 heterocycles. The molecule has 0 N–H and O–H groups in total. The Morgan fingerprint density at radius 2 is 1.79 bits per heavy atom. The first-order valence-electron chi connectivity index (χ1n) is 11.4. The third-order valence-electron chi connectivity index (χ3n) is 6.76. The molecule has 3 aromatic rings. The summed E-state index contributed by atoms with van der Waals surface area (Å²) >= 11 is 0. The third-order valence-corrected chi connectivity index (χ3v) is 6.76. The first-order chi connectivity index (χ1) is 15.8. The molecule has 1 aliphatic carbocycles. The zero-order valence-corrected chi connectivity index (χ0v) is 19.3. The van der Waals surface area contributed by atoms with Gasteiger partial charge in [-0.05, 0) is 41.5 Å². The summed E-state index contributed by atoms with van der Waals surface area (Å²) in [7, 11) is 0. The van der Waals surface area contributed by atoms with Crippen molar-refractivity contribution < 1.29 is 13.6 Å². The van der Waals surface area contributed by atoms with E-state index in [0.29, 0.717) is 43.7 Å². The van der Waals surface area contributed by atoms with E-state index in [4.69, 9.17) is 8.83 Å². The summed E-state index contributed by atoms with van der Waals surface area (Å²) in [5.41, 5.74) is 2.34.